The molecule has 0 aliphatic heterocycles. The second-order valence-corrected chi connectivity index (χ2v) is 6.58. The highest BCUT2D eigenvalue weighted by Gasteiger charge is 2.29. The third-order valence-electron chi connectivity index (χ3n) is 4.38. The van der Waals surface area contributed by atoms with E-state index in [1.807, 2.05) is 30.3 Å². The van der Waals surface area contributed by atoms with Crippen molar-refractivity contribution < 1.29 is 29.0 Å². The summed E-state index contributed by atoms with van der Waals surface area (Å²) >= 11 is 0. The van der Waals surface area contributed by atoms with E-state index in [2.05, 4.69) is 6.58 Å². The van der Waals surface area contributed by atoms with Crippen LogP contribution in [0, 0.1) is 0 Å². The summed E-state index contributed by atoms with van der Waals surface area (Å²) < 4.78 is 10.3. The molecular weight excluding hydrogens is 386 g/mol. The van der Waals surface area contributed by atoms with E-state index in [0.29, 0.717) is 5.56 Å². The van der Waals surface area contributed by atoms with Gasteiger partial charge in [-0.25, -0.2) is 4.79 Å². The van der Waals surface area contributed by atoms with Gasteiger partial charge in [-0.15, -0.1) is 0 Å². The average molecular weight is 411 g/mol. The van der Waals surface area contributed by atoms with Crippen LogP contribution in [-0.2, 0) is 25.7 Å². The topological polar surface area (TPSA) is 93.1 Å². The van der Waals surface area contributed by atoms with Crippen molar-refractivity contribution in [2.75, 3.05) is 13.7 Å². The van der Waals surface area contributed by atoms with Crippen molar-refractivity contribution in [3.05, 3.63) is 78.4 Å². The molecule has 7 heteroatoms. The van der Waals surface area contributed by atoms with Crippen LogP contribution in [0.4, 0.5) is 0 Å². The fourth-order valence-electron chi connectivity index (χ4n) is 2.72. The number of hydrogen-bond donors (Lipinski definition) is 1. The van der Waals surface area contributed by atoms with Crippen molar-refractivity contribution in [3.63, 3.8) is 0 Å². The van der Waals surface area contributed by atoms with Crippen molar-refractivity contribution in [1.82, 2.24) is 4.90 Å². The first kappa shape index (κ1) is 22.7. The maximum absolute atomic E-state index is 12.8. The lowest BCUT2D eigenvalue weighted by Crippen LogP contribution is -2.43. The summed E-state index contributed by atoms with van der Waals surface area (Å²) in [7, 11) is 1.47. The SMILES string of the molecule is C=CCOC(=O)CC[C@@H](C(=O)OCc1ccccc1)N(C)C(=O)c1ccc(O)cc1. The van der Waals surface area contributed by atoms with Gasteiger partial charge in [0, 0.05) is 19.0 Å². The molecule has 0 aliphatic carbocycles. The Morgan fingerprint density at radius 2 is 1.73 bits per heavy atom. The van der Waals surface area contributed by atoms with Gasteiger partial charge in [0.1, 0.15) is 25.0 Å². The lowest BCUT2D eigenvalue weighted by atomic mass is 10.1. The molecular formula is C23H25NO6. The Morgan fingerprint density at radius 3 is 2.37 bits per heavy atom. The van der Waals surface area contributed by atoms with E-state index in [9.17, 15) is 19.5 Å². The van der Waals surface area contributed by atoms with Crippen LogP contribution < -0.4 is 0 Å². The fraction of sp³-hybridized carbons (Fsp3) is 0.261. The molecule has 2 aromatic rings. The lowest BCUT2D eigenvalue weighted by molar-refractivity contribution is -0.151. The largest absolute Gasteiger partial charge is 0.508 e. The van der Waals surface area contributed by atoms with E-state index in [4.69, 9.17) is 9.47 Å². The summed E-state index contributed by atoms with van der Waals surface area (Å²) in [6.45, 7) is 3.61. The number of nitrogens with zero attached hydrogens (tertiary/aromatic N) is 1. The maximum atomic E-state index is 12.8. The zero-order valence-corrected chi connectivity index (χ0v) is 16.8. The Hall–Kier alpha value is -3.61. The van der Waals surface area contributed by atoms with Gasteiger partial charge in [0.05, 0.1) is 0 Å². The summed E-state index contributed by atoms with van der Waals surface area (Å²) in [6, 6.07) is 13.9. The number of hydrogen-bond acceptors (Lipinski definition) is 6. The van der Waals surface area contributed by atoms with Crippen LogP contribution in [0.5, 0.6) is 5.75 Å². The quantitative estimate of drug-likeness (QED) is 0.477. The average Bonchev–Trinajstić information content (AvgIpc) is 2.77. The Bertz CT molecular complexity index is 863. The Balaban J connectivity index is 2.10. The van der Waals surface area contributed by atoms with Crippen LogP contribution >= 0.6 is 0 Å². The van der Waals surface area contributed by atoms with E-state index in [-0.39, 0.29) is 31.8 Å². The van der Waals surface area contributed by atoms with Crippen molar-refractivity contribution in [1.29, 1.82) is 0 Å². The van der Waals surface area contributed by atoms with Gasteiger partial charge >= 0.3 is 11.9 Å². The Morgan fingerprint density at radius 1 is 1.07 bits per heavy atom. The summed E-state index contributed by atoms with van der Waals surface area (Å²) in [4.78, 5) is 38.6. The number of rotatable bonds is 10. The molecule has 0 saturated heterocycles. The Kier molecular flexibility index (Phi) is 8.62. The second-order valence-electron chi connectivity index (χ2n) is 6.58. The molecule has 0 unspecified atom stereocenters. The van der Waals surface area contributed by atoms with Crippen molar-refractivity contribution in [2.24, 2.45) is 0 Å². The van der Waals surface area contributed by atoms with E-state index in [0.717, 1.165) is 5.56 Å². The highest BCUT2D eigenvalue weighted by molar-refractivity contribution is 5.96. The van der Waals surface area contributed by atoms with Crippen LogP contribution in [0.25, 0.3) is 0 Å². The second kappa shape index (κ2) is 11.4. The smallest absolute Gasteiger partial charge is 0.329 e. The van der Waals surface area contributed by atoms with Crippen LogP contribution in [0.1, 0.15) is 28.8 Å². The summed E-state index contributed by atoms with van der Waals surface area (Å²) in [5.74, 6) is -1.53. The van der Waals surface area contributed by atoms with E-state index < -0.39 is 23.9 Å². The van der Waals surface area contributed by atoms with E-state index >= 15 is 0 Å². The molecule has 158 valence electrons. The summed E-state index contributed by atoms with van der Waals surface area (Å²) in [5.41, 5.74) is 1.10. The number of benzene rings is 2. The summed E-state index contributed by atoms with van der Waals surface area (Å²) in [5, 5.41) is 9.41. The molecule has 0 saturated carbocycles. The minimum atomic E-state index is -0.980. The molecule has 2 aromatic carbocycles. The fourth-order valence-corrected chi connectivity index (χ4v) is 2.72. The predicted molar refractivity (Wildman–Crippen MR) is 111 cm³/mol. The normalized spacial score (nSPS) is 11.2. The van der Waals surface area contributed by atoms with E-state index in [1.165, 1.54) is 42.3 Å². The summed E-state index contributed by atoms with van der Waals surface area (Å²) in [6.07, 6.45) is 1.43. The van der Waals surface area contributed by atoms with Gasteiger partial charge < -0.3 is 19.5 Å². The molecule has 0 heterocycles. The molecule has 1 amide bonds. The maximum Gasteiger partial charge on any atom is 0.329 e. The van der Waals surface area contributed by atoms with Gasteiger partial charge in [-0.3, -0.25) is 9.59 Å². The molecule has 0 aromatic heterocycles. The molecule has 0 radical (unpaired) electrons. The lowest BCUT2D eigenvalue weighted by Gasteiger charge is -2.26. The van der Waals surface area contributed by atoms with Crippen molar-refractivity contribution in [3.8, 4) is 5.75 Å². The standard InChI is InChI=1S/C23H25NO6/c1-3-15-29-21(26)14-13-20(23(28)30-16-17-7-5-4-6-8-17)24(2)22(27)18-9-11-19(25)12-10-18/h3-12,20,25H,1,13-16H2,2H3/t20-/m0/s1. The highest BCUT2D eigenvalue weighted by Crippen LogP contribution is 2.16. The molecule has 0 fully saturated rings. The van der Waals surface area contributed by atoms with Crippen molar-refractivity contribution in [2.45, 2.75) is 25.5 Å². The molecule has 0 bridgehead atoms. The van der Waals surface area contributed by atoms with Crippen LogP contribution in [-0.4, -0.2) is 47.5 Å². The molecule has 30 heavy (non-hydrogen) atoms. The number of ether oxygens (including phenoxy) is 2. The van der Waals surface area contributed by atoms with Crippen molar-refractivity contribution >= 4 is 17.8 Å². The number of carbonyl (C=O) groups is 3. The number of amides is 1. The van der Waals surface area contributed by atoms with Crippen LogP contribution in [0.15, 0.2) is 67.3 Å². The number of phenolic OH excluding ortho intramolecular Hbond substituents is 1. The van der Waals surface area contributed by atoms with Gasteiger partial charge in [0.2, 0.25) is 0 Å². The van der Waals surface area contributed by atoms with Crippen LogP contribution in [0.2, 0.25) is 0 Å². The number of esters is 2. The highest BCUT2D eigenvalue weighted by atomic mass is 16.5. The molecule has 0 aliphatic rings. The monoisotopic (exact) mass is 411 g/mol. The van der Waals surface area contributed by atoms with Gasteiger partial charge in [-0.05, 0) is 36.2 Å². The Labute approximate surface area is 175 Å². The molecule has 0 spiro atoms. The molecule has 2 rings (SSSR count). The van der Waals surface area contributed by atoms with Gasteiger partial charge in [-0.2, -0.15) is 0 Å². The number of aromatic hydroxyl groups is 1. The minimum absolute atomic E-state index is 0.0259. The third-order valence-corrected chi connectivity index (χ3v) is 4.38. The molecule has 1 N–H and O–H groups in total. The van der Waals surface area contributed by atoms with Gasteiger partial charge in [0.25, 0.3) is 5.91 Å². The third kappa shape index (κ3) is 6.77. The minimum Gasteiger partial charge on any atom is -0.508 e. The van der Waals surface area contributed by atoms with Gasteiger partial charge in [-0.1, -0.05) is 43.0 Å². The molecule has 7 nitrogen and oxygen atoms in total. The molecule has 1 atom stereocenters. The zero-order valence-electron chi connectivity index (χ0n) is 16.8. The zero-order chi connectivity index (χ0) is 21.9. The first-order valence-electron chi connectivity index (χ1n) is 9.45. The number of phenols is 1. The number of carbonyl (C=O) groups excluding carboxylic acids is 3. The first-order chi connectivity index (χ1) is 14.4. The number of likely N-dealkylation sites (N-methyl/N-ethyl adjacent to an activating group) is 1. The van der Waals surface area contributed by atoms with Crippen LogP contribution in [0.3, 0.4) is 0 Å². The predicted octanol–water partition coefficient (Wildman–Crippen LogP) is 3.09. The first-order valence-corrected chi connectivity index (χ1v) is 9.45. The van der Waals surface area contributed by atoms with E-state index in [1.54, 1.807) is 0 Å². The van der Waals surface area contributed by atoms with Gasteiger partial charge in [0.15, 0.2) is 0 Å².